The summed E-state index contributed by atoms with van der Waals surface area (Å²) in [5.41, 5.74) is 2.14. The maximum absolute atomic E-state index is 9.10. The second kappa shape index (κ2) is 6.65. The Morgan fingerprint density at radius 3 is 2.91 bits per heavy atom. The van der Waals surface area contributed by atoms with Gasteiger partial charge in [-0.1, -0.05) is 11.6 Å². The van der Waals surface area contributed by atoms with Crippen LogP contribution in [0, 0.1) is 18.3 Å². The monoisotopic (exact) mass is 342 g/mol. The Kier molecular flexibility index (Phi) is 4.42. The predicted octanol–water partition coefficient (Wildman–Crippen LogP) is 4.91. The lowest BCUT2D eigenvalue weighted by molar-refractivity contribution is 0.476. The van der Waals surface area contributed by atoms with Crippen LogP contribution in [0.4, 0.5) is 10.7 Å². The van der Waals surface area contributed by atoms with Crippen LogP contribution in [-0.2, 0) is 0 Å². The molecule has 0 aliphatic rings. The molecule has 0 fully saturated rings. The summed E-state index contributed by atoms with van der Waals surface area (Å²) in [6.45, 7) is 1.95. The number of aromatic nitrogens is 2. The molecule has 0 spiro atoms. The van der Waals surface area contributed by atoms with Crippen LogP contribution in [0.1, 0.15) is 11.1 Å². The third-order valence-corrected chi connectivity index (χ3v) is 4.19. The molecular formula is C16H11ClN4OS. The molecule has 3 rings (SSSR count). The number of aryl methyl sites for hydroxylation is 1. The largest absolute Gasteiger partial charge is 0.455 e. The maximum atomic E-state index is 9.10. The number of nitrogens with one attached hydrogen (secondary N) is 1. The van der Waals surface area contributed by atoms with Gasteiger partial charge in [0.05, 0.1) is 6.20 Å². The first-order valence-corrected chi connectivity index (χ1v) is 7.83. The van der Waals surface area contributed by atoms with Crippen LogP contribution < -0.4 is 10.1 Å². The normalized spacial score (nSPS) is 10.1. The molecule has 3 aromatic rings. The van der Waals surface area contributed by atoms with E-state index < -0.39 is 0 Å². The Bertz CT molecular complexity index is 874. The summed E-state index contributed by atoms with van der Waals surface area (Å²) in [6, 6.07) is 11.4. The highest BCUT2D eigenvalue weighted by atomic mass is 35.5. The van der Waals surface area contributed by atoms with E-state index in [9.17, 15) is 0 Å². The van der Waals surface area contributed by atoms with Crippen LogP contribution in [0.5, 0.6) is 11.5 Å². The molecule has 1 N–H and O–H groups in total. The molecular weight excluding hydrogens is 332 g/mol. The highest BCUT2D eigenvalue weighted by Crippen LogP contribution is 2.32. The number of benzene rings is 1. The lowest BCUT2D eigenvalue weighted by Gasteiger charge is -2.10. The Balaban J connectivity index is 1.81. The van der Waals surface area contributed by atoms with Crippen molar-refractivity contribution in [2.45, 2.75) is 6.92 Å². The van der Waals surface area contributed by atoms with Crippen LogP contribution >= 0.6 is 23.1 Å². The highest BCUT2D eigenvalue weighted by Gasteiger charge is 2.12. The number of pyridine rings is 1. The fourth-order valence-electron chi connectivity index (χ4n) is 1.96. The molecule has 1 aromatic carbocycles. The van der Waals surface area contributed by atoms with Crippen molar-refractivity contribution in [1.82, 2.24) is 9.36 Å². The van der Waals surface area contributed by atoms with Gasteiger partial charge in [0, 0.05) is 11.9 Å². The number of hydrogen-bond donors (Lipinski definition) is 1. The summed E-state index contributed by atoms with van der Waals surface area (Å²) in [5.74, 6) is 1.42. The fraction of sp³-hybridized carbons (Fsp3) is 0.0625. The van der Waals surface area contributed by atoms with Crippen LogP contribution in [0.25, 0.3) is 0 Å². The van der Waals surface area contributed by atoms with Gasteiger partial charge in [-0.2, -0.15) is 9.64 Å². The number of halogens is 1. The van der Waals surface area contributed by atoms with E-state index in [1.54, 1.807) is 12.4 Å². The van der Waals surface area contributed by atoms with E-state index in [-0.39, 0.29) is 5.15 Å². The predicted molar refractivity (Wildman–Crippen MR) is 90.6 cm³/mol. The van der Waals surface area contributed by atoms with Crippen LogP contribution in [-0.4, -0.2) is 9.36 Å². The fourth-order valence-corrected chi connectivity index (χ4v) is 2.92. The van der Waals surface area contributed by atoms with Gasteiger partial charge >= 0.3 is 0 Å². The van der Waals surface area contributed by atoms with E-state index >= 15 is 0 Å². The molecule has 0 radical (unpaired) electrons. The first-order valence-electron chi connectivity index (χ1n) is 6.68. The molecule has 0 aliphatic heterocycles. The zero-order chi connectivity index (χ0) is 16.2. The highest BCUT2D eigenvalue weighted by molar-refractivity contribution is 7.11. The third-order valence-electron chi connectivity index (χ3n) is 3.06. The van der Waals surface area contributed by atoms with Gasteiger partial charge in [0.1, 0.15) is 28.1 Å². The average Bonchev–Trinajstić information content (AvgIpc) is 2.91. The Morgan fingerprint density at radius 2 is 2.22 bits per heavy atom. The first kappa shape index (κ1) is 15.3. The second-order valence-electron chi connectivity index (χ2n) is 4.69. The molecule has 0 unspecified atom stereocenters. The first-order chi connectivity index (χ1) is 11.2. The average molecular weight is 343 g/mol. The molecule has 0 saturated carbocycles. The van der Waals surface area contributed by atoms with Crippen LogP contribution in [0.2, 0.25) is 5.15 Å². The molecule has 0 aliphatic carbocycles. The molecule has 2 aromatic heterocycles. The van der Waals surface area contributed by atoms with Crippen molar-refractivity contribution in [2.24, 2.45) is 0 Å². The van der Waals surface area contributed by atoms with Gasteiger partial charge in [-0.25, -0.2) is 0 Å². The van der Waals surface area contributed by atoms with E-state index in [0.717, 1.165) is 28.5 Å². The topological polar surface area (TPSA) is 70.8 Å². The number of nitriles is 1. The molecule has 0 atom stereocenters. The molecule has 23 heavy (non-hydrogen) atoms. The molecule has 2 heterocycles. The van der Waals surface area contributed by atoms with Gasteiger partial charge in [-0.15, -0.1) is 0 Å². The quantitative estimate of drug-likeness (QED) is 0.729. The molecule has 114 valence electrons. The summed E-state index contributed by atoms with van der Waals surface area (Å²) >= 11 is 7.02. The van der Waals surface area contributed by atoms with Crippen molar-refractivity contribution in [3.05, 3.63) is 59.0 Å². The van der Waals surface area contributed by atoms with Crippen LogP contribution in [0.15, 0.2) is 42.7 Å². The zero-order valence-corrected chi connectivity index (χ0v) is 13.6. The van der Waals surface area contributed by atoms with Gasteiger partial charge in [0.25, 0.3) is 0 Å². The Labute approximate surface area is 142 Å². The lowest BCUT2D eigenvalue weighted by Crippen LogP contribution is -1.93. The summed E-state index contributed by atoms with van der Waals surface area (Å²) in [7, 11) is 0. The van der Waals surface area contributed by atoms with Crippen molar-refractivity contribution >= 4 is 33.8 Å². The summed E-state index contributed by atoms with van der Waals surface area (Å²) in [5, 5.41) is 13.1. The van der Waals surface area contributed by atoms with Gasteiger partial charge in [0.15, 0.2) is 5.15 Å². The molecule has 0 amide bonds. The Morgan fingerprint density at radius 1 is 1.35 bits per heavy atom. The number of ether oxygens (including phenoxy) is 1. The second-order valence-corrected chi connectivity index (χ2v) is 5.82. The smallest absolute Gasteiger partial charge is 0.162 e. The summed E-state index contributed by atoms with van der Waals surface area (Å²) in [4.78, 5) is 4.02. The summed E-state index contributed by atoms with van der Waals surface area (Å²) in [6.07, 6.45) is 3.35. The number of hydrogen-bond acceptors (Lipinski definition) is 6. The van der Waals surface area contributed by atoms with Crippen molar-refractivity contribution in [3.8, 4) is 17.6 Å². The Hall–Kier alpha value is -2.62. The van der Waals surface area contributed by atoms with Crippen molar-refractivity contribution in [1.29, 1.82) is 5.26 Å². The van der Waals surface area contributed by atoms with Crippen molar-refractivity contribution in [3.63, 3.8) is 0 Å². The molecule has 7 heteroatoms. The van der Waals surface area contributed by atoms with Gasteiger partial charge in [-0.05, 0) is 54.4 Å². The number of anilines is 2. The third kappa shape index (κ3) is 3.42. The minimum Gasteiger partial charge on any atom is -0.455 e. The van der Waals surface area contributed by atoms with Crippen molar-refractivity contribution in [2.75, 3.05) is 5.32 Å². The summed E-state index contributed by atoms with van der Waals surface area (Å²) < 4.78 is 9.76. The van der Waals surface area contributed by atoms with E-state index in [4.69, 9.17) is 21.6 Å². The molecule has 0 bridgehead atoms. The zero-order valence-electron chi connectivity index (χ0n) is 12.1. The van der Waals surface area contributed by atoms with Crippen LogP contribution in [0.3, 0.4) is 0 Å². The maximum Gasteiger partial charge on any atom is 0.162 e. The molecule has 0 saturated heterocycles. The van der Waals surface area contributed by atoms with Gasteiger partial charge in [-0.3, -0.25) is 4.98 Å². The van der Waals surface area contributed by atoms with Gasteiger partial charge < -0.3 is 10.1 Å². The number of rotatable bonds is 4. The van der Waals surface area contributed by atoms with E-state index in [2.05, 4.69) is 14.7 Å². The standard InChI is InChI=1S/C16H11ClN4OS/c1-10-7-11(20-16-13(8-18)15(17)21-23-16)4-5-14(10)22-12-3-2-6-19-9-12/h2-7,9,20H,1H3. The number of nitrogens with zero attached hydrogens (tertiary/aromatic N) is 3. The van der Waals surface area contributed by atoms with Crippen molar-refractivity contribution < 1.29 is 4.74 Å². The van der Waals surface area contributed by atoms with E-state index in [0.29, 0.717) is 16.3 Å². The SMILES string of the molecule is Cc1cc(Nc2snc(Cl)c2C#N)ccc1Oc1cccnc1. The lowest BCUT2D eigenvalue weighted by atomic mass is 10.2. The van der Waals surface area contributed by atoms with E-state index in [1.807, 2.05) is 43.3 Å². The minimum absolute atomic E-state index is 0.216. The van der Waals surface area contributed by atoms with Gasteiger partial charge in [0.2, 0.25) is 0 Å². The minimum atomic E-state index is 0.216. The molecule has 5 nitrogen and oxygen atoms in total. The van der Waals surface area contributed by atoms with E-state index in [1.165, 1.54) is 0 Å².